The summed E-state index contributed by atoms with van der Waals surface area (Å²) in [5.41, 5.74) is -0.395. The van der Waals surface area contributed by atoms with Gasteiger partial charge in [-0.3, -0.25) is 0 Å². The third-order valence-corrected chi connectivity index (χ3v) is 4.58. The van der Waals surface area contributed by atoms with Gasteiger partial charge < -0.3 is 23.7 Å². The van der Waals surface area contributed by atoms with E-state index in [1.54, 1.807) is 0 Å². The maximum Gasteiger partial charge on any atom is 0.112 e. The van der Waals surface area contributed by atoms with Crippen LogP contribution in [0.1, 0.15) is 71.6 Å². The molecule has 0 aromatic heterocycles. The highest BCUT2D eigenvalue weighted by Crippen LogP contribution is 2.14. The molecule has 1 fully saturated rings. The molecule has 0 bridgehead atoms. The molecule has 0 radical (unpaired) electrons. The standard InChI is InChI=1S/C21H42O5/c1-3-4-5-6-7-8-9-10-12-24-19-21(2)20-25-18-17-23-16-15-22-13-11-14-26-21/h3-20H2,1-2H3. The summed E-state index contributed by atoms with van der Waals surface area (Å²) in [6, 6.07) is 0. The van der Waals surface area contributed by atoms with Crippen molar-refractivity contribution in [3.05, 3.63) is 0 Å². The van der Waals surface area contributed by atoms with Gasteiger partial charge in [-0.2, -0.15) is 0 Å². The monoisotopic (exact) mass is 374 g/mol. The molecule has 0 aromatic carbocycles. The van der Waals surface area contributed by atoms with Crippen LogP contribution in [0.25, 0.3) is 0 Å². The van der Waals surface area contributed by atoms with E-state index in [9.17, 15) is 0 Å². The van der Waals surface area contributed by atoms with E-state index in [0.29, 0.717) is 52.9 Å². The fourth-order valence-electron chi connectivity index (χ4n) is 2.96. The molecule has 26 heavy (non-hydrogen) atoms. The van der Waals surface area contributed by atoms with Gasteiger partial charge in [0.05, 0.1) is 39.6 Å². The molecular weight excluding hydrogens is 332 g/mol. The first-order chi connectivity index (χ1) is 12.8. The Hall–Kier alpha value is -0.200. The quantitative estimate of drug-likeness (QED) is 0.503. The van der Waals surface area contributed by atoms with Gasteiger partial charge in [0.1, 0.15) is 5.60 Å². The summed E-state index contributed by atoms with van der Waals surface area (Å²) in [6.45, 7) is 10.1. The average molecular weight is 375 g/mol. The van der Waals surface area contributed by atoms with Crippen LogP contribution >= 0.6 is 0 Å². The highest BCUT2D eigenvalue weighted by molar-refractivity contribution is 4.75. The van der Waals surface area contributed by atoms with Gasteiger partial charge in [0.2, 0.25) is 0 Å². The first-order valence-corrected chi connectivity index (χ1v) is 10.7. The van der Waals surface area contributed by atoms with E-state index in [0.717, 1.165) is 19.4 Å². The fraction of sp³-hybridized carbons (Fsp3) is 1.00. The van der Waals surface area contributed by atoms with Crippen molar-refractivity contribution in [2.75, 3.05) is 59.5 Å². The average Bonchev–Trinajstić information content (AvgIpc) is 2.66. The summed E-state index contributed by atoms with van der Waals surface area (Å²) in [6.07, 6.45) is 11.4. The molecule has 1 heterocycles. The van der Waals surface area contributed by atoms with Crippen LogP contribution < -0.4 is 0 Å². The molecule has 5 heteroatoms. The summed E-state index contributed by atoms with van der Waals surface area (Å²) >= 11 is 0. The second kappa shape index (κ2) is 16.9. The van der Waals surface area contributed by atoms with Gasteiger partial charge in [0.25, 0.3) is 0 Å². The SMILES string of the molecule is CCCCCCCCCCOCC1(C)COCCOCCOCCCO1. The van der Waals surface area contributed by atoms with Crippen molar-refractivity contribution in [2.24, 2.45) is 0 Å². The lowest BCUT2D eigenvalue weighted by molar-refractivity contribution is -0.129. The van der Waals surface area contributed by atoms with Crippen LogP contribution in [0, 0.1) is 0 Å². The van der Waals surface area contributed by atoms with Crippen molar-refractivity contribution in [1.82, 2.24) is 0 Å². The highest BCUT2D eigenvalue weighted by Gasteiger charge is 2.26. The molecule has 1 aliphatic rings. The Bertz CT molecular complexity index is 284. The number of hydrogen-bond acceptors (Lipinski definition) is 5. The lowest BCUT2D eigenvalue weighted by atomic mass is 10.1. The zero-order valence-electron chi connectivity index (χ0n) is 17.3. The van der Waals surface area contributed by atoms with Crippen molar-refractivity contribution < 1.29 is 23.7 Å². The van der Waals surface area contributed by atoms with Gasteiger partial charge in [0.15, 0.2) is 0 Å². The molecular formula is C21H42O5. The van der Waals surface area contributed by atoms with E-state index in [-0.39, 0.29) is 0 Å². The largest absolute Gasteiger partial charge is 0.379 e. The molecule has 156 valence electrons. The molecule has 1 atom stereocenters. The summed E-state index contributed by atoms with van der Waals surface area (Å²) in [5.74, 6) is 0. The molecule has 0 saturated carbocycles. The van der Waals surface area contributed by atoms with E-state index in [2.05, 4.69) is 13.8 Å². The van der Waals surface area contributed by atoms with Crippen molar-refractivity contribution in [3.8, 4) is 0 Å². The Balaban J connectivity index is 2.11. The molecule has 0 amide bonds. The van der Waals surface area contributed by atoms with Crippen LogP contribution in [-0.4, -0.2) is 65.1 Å². The molecule has 1 aliphatic heterocycles. The minimum Gasteiger partial charge on any atom is -0.379 e. The molecule has 5 nitrogen and oxygen atoms in total. The molecule has 1 saturated heterocycles. The lowest BCUT2D eigenvalue weighted by Crippen LogP contribution is -2.40. The summed E-state index contributed by atoms with van der Waals surface area (Å²) in [4.78, 5) is 0. The van der Waals surface area contributed by atoms with E-state index < -0.39 is 5.60 Å². The normalized spacial score (nSPS) is 23.8. The number of ether oxygens (including phenoxy) is 5. The minimum absolute atomic E-state index is 0.395. The Kier molecular flexibility index (Phi) is 15.5. The highest BCUT2D eigenvalue weighted by atomic mass is 16.6. The van der Waals surface area contributed by atoms with E-state index >= 15 is 0 Å². The topological polar surface area (TPSA) is 46.2 Å². The van der Waals surface area contributed by atoms with Crippen molar-refractivity contribution in [3.63, 3.8) is 0 Å². The van der Waals surface area contributed by atoms with Gasteiger partial charge in [-0.25, -0.2) is 0 Å². The maximum atomic E-state index is 6.05. The molecule has 1 rings (SSSR count). The third-order valence-electron chi connectivity index (χ3n) is 4.58. The Morgan fingerprint density at radius 1 is 0.731 bits per heavy atom. The van der Waals surface area contributed by atoms with Crippen LogP contribution in [0.3, 0.4) is 0 Å². The van der Waals surface area contributed by atoms with Gasteiger partial charge in [-0.1, -0.05) is 51.9 Å². The molecule has 0 N–H and O–H groups in total. The zero-order valence-corrected chi connectivity index (χ0v) is 17.3. The molecule has 0 aliphatic carbocycles. The number of rotatable bonds is 11. The van der Waals surface area contributed by atoms with E-state index in [4.69, 9.17) is 23.7 Å². The van der Waals surface area contributed by atoms with Crippen LogP contribution in [0.15, 0.2) is 0 Å². The third kappa shape index (κ3) is 13.9. The van der Waals surface area contributed by atoms with Gasteiger partial charge in [0, 0.05) is 19.8 Å². The molecule has 1 unspecified atom stereocenters. The van der Waals surface area contributed by atoms with Gasteiger partial charge >= 0.3 is 0 Å². The minimum atomic E-state index is -0.395. The molecule has 0 aromatic rings. The van der Waals surface area contributed by atoms with Crippen molar-refractivity contribution >= 4 is 0 Å². The first kappa shape index (κ1) is 23.8. The Morgan fingerprint density at radius 2 is 1.35 bits per heavy atom. The van der Waals surface area contributed by atoms with Crippen LogP contribution in [0.5, 0.6) is 0 Å². The van der Waals surface area contributed by atoms with Crippen molar-refractivity contribution in [2.45, 2.75) is 77.2 Å². The van der Waals surface area contributed by atoms with Crippen molar-refractivity contribution in [1.29, 1.82) is 0 Å². The predicted octanol–water partition coefficient (Wildman–Crippen LogP) is 4.37. The number of hydrogen-bond donors (Lipinski definition) is 0. The van der Waals surface area contributed by atoms with Crippen LogP contribution in [0.2, 0.25) is 0 Å². The summed E-state index contributed by atoms with van der Waals surface area (Å²) < 4.78 is 28.7. The maximum absolute atomic E-state index is 6.05. The lowest BCUT2D eigenvalue weighted by Gasteiger charge is -2.29. The Morgan fingerprint density at radius 3 is 2.08 bits per heavy atom. The summed E-state index contributed by atoms with van der Waals surface area (Å²) in [5, 5.41) is 0. The second-order valence-corrected chi connectivity index (χ2v) is 7.46. The van der Waals surface area contributed by atoms with Gasteiger partial charge in [-0.05, 0) is 19.8 Å². The fourth-order valence-corrected chi connectivity index (χ4v) is 2.96. The Labute approximate surface area is 161 Å². The predicted molar refractivity (Wildman–Crippen MR) is 105 cm³/mol. The van der Waals surface area contributed by atoms with E-state index in [1.807, 2.05) is 0 Å². The number of unbranched alkanes of at least 4 members (excludes halogenated alkanes) is 7. The smallest absolute Gasteiger partial charge is 0.112 e. The summed E-state index contributed by atoms with van der Waals surface area (Å²) in [7, 11) is 0. The van der Waals surface area contributed by atoms with E-state index in [1.165, 1.54) is 44.9 Å². The van der Waals surface area contributed by atoms with Gasteiger partial charge in [-0.15, -0.1) is 0 Å². The van der Waals surface area contributed by atoms with Crippen LogP contribution in [0.4, 0.5) is 0 Å². The molecule has 0 spiro atoms. The van der Waals surface area contributed by atoms with Crippen LogP contribution in [-0.2, 0) is 23.7 Å². The zero-order chi connectivity index (χ0) is 18.8. The first-order valence-electron chi connectivity index (χ1n) is 10.7. The second-order valence-electron chi connectivity index (χ2n) is 7.46.